The Kier molecular flexibility index (Phi) is 8.39. The first kappa shape index (κ1) is 30.2. The fourth-order valence-electron chi connectivity index (χ4n) is 5.51. The van der Waals surface area contributed by atoms with Crippen LogP contribution in [0, 0.1) is 6.92 Å². The summed E-state index contributed by atoms with van der Waals surface area (Å²) >= 11 is 0. The molecule has 0 aromatic heterocycles. The van der Waals surface area contributed by atoms with E-state index in [1.807, 2.05) is 140 Å². The zero-order valence-electron chi connectivity index (χ0n) is 26.0. The highest BCUT2D eigenvalue weighted by atomic mass is 31.2. The van der Waals surface area contributed by atoms with Crippen molar-refractivity contribution in [3.63, 3.8) is 0 Å². The summed E-state index contributed by atoms with van der Waals surface area (Å²) in [5.74, 6) is 3.12. The van der Waals surface area contributed by atoms with Crippen molar-refractivity contribution in [1.29, 1.82) is 0 Å². The SMILES string of the molecule is C=Cc1ccc(COc2ccc(OCc3ccc(Oc4ccc(C)cc4)cc3)cc2P2(=O)Oc3ccccc3-c3ccccc32)cc1. The van der Waals surface area contributed by atoms with Gasteiger partial charge < -0.3 is 18.7 Å². The molecule has 1 heterocycles. The van der Waals surface area contributed by atoms with Crippen molar-refractivity contribution in [2.24, 2.45) is 0 Å². The predicted molar refractivity (Wildman–Crippen MR) is 189 cm³/mol. The normalized spacial score (nSPS) is 14.7. The summed E-state index contributed by atoms with van der Waals surface area (Å²) in [4.78, 5) is 0. The van der Waals surface area contributed by atoms with Crippen molar-refractivity contribution < 1.29 is 23.3 Å². The van der Waals surface area contributed by atoms with Gasteiger partial charge in [-0.3, -0.25) is 4.57 Å². The fourth-order valence-corrected chi connectivity index (χ4v) is 7.92. The number of ether oxygens (including phenoxy) is 3. The summed E-state index contributed by atoms with van der Waals surface area (Å²) < 4.78 is 40.2. The van der Waals surface area contributed by atoms with Crippen LogP contribution in [-0.4, -0.2) is 0 Å². The van der Waals surface area contributed by atoms with Gasteiger partial charge >= 0.3 is 7.37 Å². The van der Waals surface area contributed by atoms with Crippen LogP contribution in [0.4, 0.5) is 0 Å². The van der Waals surface area contributed by atoms with Crippen LogP contribution in [0.15, 0.2) is 146 Å². The Morgan fingerprint density at radius 1 is 0.638 bits per heavy atom. The number of fused-ring (bicyclic) bond motifs is 3. The lowest BCUT2D eigenvalue weighted by molar-refractivity contribution is 0.299. The predicted octanol–water partition coefficient (Wildman–Crippen LogP) is 9.88. The molecule has 6 aromatic rings. The van der Waals surface area contributed by atoms with Crippen LogP contribution in [0.3, 0.4) is 0 Å². The lowest BCUT2D eigenvalue weighted by Gasteiger charge is -2.30. The summed E-state index contributed by atoms with van der Waals surface area (Å²) in [5.41, 5.74) is 5.93. The number of aryl methyl sites for hydroxylation is 1. The maximum absolute atomic E-state index is 15.2. The van der Waals surface area contributed by atoms with Crippen molar-refractivity contribution in [2.75, 3.05) is 0 Å². The molecule has 6 aromatic carbocycles. The zero-order valence-corrected chi connectivity index (χ0v) is 26.9. The van der Waals surface area contributed by atoms with E-state index < -0.39 is 7.37 Å². The van der Waals surface area contributed by atoms with E-state index in [1.54, 1.807) is 12.1 Å². The van der Waals surface area contributed by atoms with Crippen LogP contribution in [-0.2, 0) is 17.8 Å². The summed E-state index contributed by atoms with van der Waals surface area (Å²) in [5, 5.41) is 1.07. The number of hydrogen-bond donors (Lipinski definition) is 0. The standard InChI is InChI=1S/C41H33O5P/c1-3-30-14-16-31(17-15-30)28-44-39-25-24-35(43-27-32-18-22-34(23-19-32)45-33-20-12-29(2)13-21-33)26-41(39)47(42)40-11-7-5-9-37(40)36-8-4-6-10-38(36)46-47/h3-26H,1,27-28H2,2H3. The second-order valence-electron chi connectivity index (χ2n) is 11.4. The van der Waals surface area contributed by atoms with Gasteiger partial charge in [-0.15, -0.1) is 0 Å². The molecule has 232 valence electrons. The first-order chi connectivity index (χ1) is 23.0. The maximum Gasteiger partial charge on any atom is 0.311 e. The Morgan fingerprint density at radius 3 is 1.96 bits per heavy atom. The zero-order chi connectivity index (χ0) is 32.2. The van der Waals surface area contributed by atoms with Crippen molar-refractivity contribution >= 4 is 24.1 Å². The van der Waals surface area contributed by atoms with Crippen molar-refractivity contribution in [3.8, 4) is 39.9 Å². The van der Waals surface area contributed by atoms with Gasteiger partial charge in [0.05, 0.1) is 10.6 Å². The van der Waals surface area contributed by atoms with Crippen LogP contribution < -0.4 is 29.3 Å². The lowest BCUT2D eigenvalue weighted by Crippen LogP contribution is -2.26. The van der Waals surface area contributed by atoms with Gasteiger partial charge in [-0.1, -0.05) is 103 Å². The Labute approximate surface area is 275 Å². The third-order valence-electron chi connectivity index (χ3n) is 8.07. The Balaban J connectivity index is 1.18. The molecule has 0 saturated carbocycles. The molecule has 1 aliphatic heterocycles. The molecule has 0 N–H and O–H groups in total. The minimum atomic E-state index is -3.66. The molecule has 1 unspecified atom stereocenters. The monoisotopic (exact) mass is 636 g/mol. The maximum atomic E-state index is 15.2. The first-order valence-corrected chi connectivity index (χ1v) is 17.0. The van der Waals surface area contributed by atoms with Gasteiger partial charge in [0.2, 0.25) is 0 Å². The van der Waals surface area contributed by atoms with Gasteiger partial charge in [0.15, 0.2) is 0 Å². The molecular formula is C41H33O5P. The van der Waals surface area contributed by atoms with Crippen molar-refractivity contribution in [2.45, 2.75) is 20.1 Å². The smallest absolute Gasteiger partial charge is 0.311 e. The molecule has 6 heteroatoms. The Bertz CT molecular complexity index is 2080. The molecule has 7 rings (SSSR count). The minimum absolute atomic E-state index is 0.292. The van der Waals surface area contributed by atoms with Gasteiger partial charge in [0.25, 0.3) is 0 Å². The molecule has 5 nitrogen and oxygen atoms in total. The molecule has 0 fully saturated rings. The highest BCUT2D eigenvalue weighted by molar-refractivity contribution is 7.75. The van der Waals surface area contributed by atoms with Crippen LogP contribution in [0.5, 0.6) is 28.7 Å². The average molecular weight is 637 g/mol. The first-order valence-electron chi connectivity index (χ1n) is 15.4. The molecule has 0 aliphatic carbocycles. The van der Waals surface area contributed by atoms with Gasteiger partial charge in [-0.25, -0.2) is 0 Å². The van der Waals surface area contributed by atoms with Crippen LogP contribution in [0.2, 0.25) is 0 Å². The number of para-hydroxylation sites is 1. The third kappa shape index (κ3) is 6.44. The highest BCUT2D eigenvalue weighted by Gasteiger charge is 2.40. The highest BCUT2D eigenvalue weighted by Crippen LogP contribution is 2.55. The quantitative estimate of drug-likeness (QED) is 0.140. The summed E-state index contributed by atoms with van der Waals surface area (Å²) in [6, 6.07) is 44.5. The summed E-state index contributed by atoms with van der Waals surface area (Å²) in [6.45, 7) is 6.48. The van der Waals surface area contributed by atoms with Gasteiger partial charge in [0.1, 0.15) is 42.0 Å². The van der Waals surface area contributed by atoms with Crippen LogP contribution in [0.1, 0.15) is 22.3 Å². The van der Waals surface area contributed by atoms with E-state index in [1.165, 1.54) is 5.56 Å². The molecule has 0 spiro atoms. The van der Waals surface area contributed by atoms with Crippen LogP contribution in [0.25, 0.3) is 17.2 Å². The van der Waals surface area contributed by atoms with Gasteiger partial charge in [0, 0.05) is 5.56 Å². The minimum Gasteiger partial charge on any atom is -0.489 e. The lowest BCUT2D eigenvalue weighted by atomic mass is 10.0. The van der Waals surface area contributed by atoms with E-state index in [9.17, 15) is 0 Å². The van der Waals surface area contributed by atoms with Crippen molar-refractivity contribution in [1.82, 2.24) is 0 Å². The molecule has 0 saturated heterocycles. The largest absolute Gasteiger partial charge is 0.489 e. The average Bonchev–Trinajstić information content (AvgIpc) is 3.12. The molecule has 1 aliphatic rings. The molecule has 0 amide bonds. The second-order valence-corrected chi connectivity index (χ2v) is 13.6. The second kappa shape index (κ2) is 13.1. The molecular weight excluding hydrogens is 603 g/mol. The number of hydrogen-bond acceptors (Lipinski definition) is 5. The molecule has 1 atom stereocenters. The van der Waals surface area contributed by atoms with E-state index >= 15 is 4.57 Å². The summed E-state index contributed by atoms with van der Waals surface area (Å²) in [7, 11) is -3.66. The van der Waals surface area contributed by atoms with Crippen LogP contribution >= 0.6 is 7.37 Å². The van der Waals surface area contributed by atoms with E-state index in [2.05, 4.69) is 6.58 Å². The summed E-state index contributed by atoms with van der Waals surface area (Å²) in [6.07, 6.45) is 1.80. The molecule has 0 radical (unpaired) electrons. The van der Waals surface area contributed by atoms with E-state index in [4.69, 9.17) is 18.7 Å². The Morgan fingerprint density at radius 2 is 1.23 bits per heavy atom. The van der Waals surface area contributed by atoms with E-state index in [0.29, 0.717) is 41.1 Å². The van der Waals surface area contributed by atoms with Gasteiger partial charge in [-0.05, 0) is 83.8 Å². The number of rotatable bonds is 10. The van der Waals surface area contributed by atoms with Crippen molar-refractivity contribution in [3.05, 3.63) is 168 Å². The Hall–Kier alpha value is -5.51. The van der Waals surface area contributed by atoms with E-state index in [0.717, 1.165) is 39.3 Å². The topological polar surface area (TPSA) is 54.0 Å². The molecule has 47 heavy (non-hydrogen) atoms. The van der Waals surface area contributed by atoms with Gasteiger partial charge in [-0.2, -0.15) is 0 Å². The number of benzene rings is 6. The fraction of sp³-hybridized carbons (Fsp3) is 0.0732. The molecule has 0 bridgehead atoms. The third-order valence-corrected chi connectivity index (χ3v) is 10.5. The van der Waals surface area contributed by atoms with E-state index in [-0.39, 0.29) is 0 Å².